The number of amides is 4. The Bertz CT molecular complexity index is 982. The molecular formula is C26H33N5O3. The molecule has 180 valence electrons. The molecule has 2 aromatic carbocycles. The van der Waals surface area contributed by atoms with Crippen LogP contribution in [0.3, 0.4) is 0 Å². The number of anilines is 3. The lowest BCUT2D eigenvalue weighted by Gasteiger charge is -2.33. The van der Waals surface area contributed by atoms with Crippen LogP contribution in [0.2, 0.25) is 0 Å². The summed E-state index contributed by atoms with van der Waals surface area (Å²) in [6, 6.07) is 15.9. The Morgan fingerprint density at radius 2 is 1.53 bits per heavy atom. The van der Waals surface area contributed by atoms with Gasteiger partial charge in [0.2, 0.25) is 11.8 Å². The van der Waals surface area contributed by atoms with Gasteiger partial charge in [-0.1, -0.05) is 31.9 Å². The fourth-order valence-corrected chi connectivity index (χ4v) is 4.59. The summed E-state index contributed by atoms with van der Waals surface area (Å²) < 4.78 is 0. The lowest BCUT2D eigenvalue weighted by atomic mass is 9.92. The quantitative estimate of drug-likeness (QED) is 0.546. The molecule has 8 heteroatoms. The Hall–Kier alpha value is -3.55. The van der Waals surface area contributed by atoms with Crippen LogP contribution in [0.15, 0.2) is 48.5 Å². The summed E-state index contributed by atoms with van der Waals surface area (Å²) in [4.78, 5) is 38.7. The summed E-state index contributed by atoms with van der Waals surface area (Å²) in [5, 5.41) is 8.35. The average molecular weight is 464 g/mol. The molecule has 0 saturated carbocycles. The molecule has 2 aliphatic rings. The van der Waals surface area contributed by atoms with E-state index in [1.54, 1.807) is 0 Å². The number of hydrogen-bond acceptors (Lipinski definition) is 5. The molecule has 0 aliphatic carbocycles. The zero-order chi connectivity index (χ0) is 23.9. The Morgan fingerprint density at radius 3 is 2.12 bits per heavy atom. The zero-order valence-electron chi connectivity index (χ0n) is 19.7. The third kappa shape index (κ3) is 6.27. The minimum absolute atomic E-state index is 0.115. The van der Waals surface area contributed by atoms with E-state index in [1.807, 2.05) is 24.3 Å². The standard InChI is InChI=1S/C26H33N5O3/c1-2-3-19-12-14-30(15-13-19)23-10-8-22(9-11-23)28-21-6-4-20(5-7-21)16-27-26(34)31-17-24(32)29-25(33)18-31/h4-11,19,28H,2-3,12-18H2,1H3,(H,27,34)(H,29,32,33). The summed E-state index contributed by atoms with van der Waals surface area (Å²) in [7, 11) is 0. The van der Waals surface area contributed by atoms with Crippen molar-refractivity contribution in [3.8, 4) is 0 Å². The van der Waals surface area contributed by atoms with E-state index in [-0.39, 0.29) is 13.1 Å². The SMILES string of the molecule is CCCC1CCN(c2ccc(Nc3ccc(CNC(=O)N4CC(=O)NC(=O)C4)cc3)cc2)CC1. The van der Waals surface area contributed by atoms with Gasteiger partial charge in [-0.15, -0.1) is 0 Å². The van der Waals surface area contributed by atoms with E-state index in [2.05, 4.69) is 52.0 Å². The van der Waals surface area contributed by atoms with Gasteiger partial charge in [-0.25, -0.2) is 4.79 Å². The molecule has 0 bridgehead atoms. The molecule has 0 atom stereocenters. The van der Waals surface area contributed by atoms with Gasteiger partial charge in [0.1, 0.15) is 13.1 Å². The first-order chi connectivity index (χ1) is 16.5. The maximum atomic E-state index is 12.2. The van der Waals surface area contributed by atoms with Crippen LogP contribution in [0.1, 0.15) is 38.2 Å². The van der Waals surface area contributed by atoms with Crippen molar-refractivity contribution in [2.75, 3.05) is 36.4 Å². The number of imide groups is 1. The highest BCUT2D eigenvalue weighted by atomic mass is 16.2. The van der Waals surface area contributed by atoms with Gasteiger partial charge in [0.25, 0.3) is 0 Å². The number of nitrogens with zero attached hydrogens (tertiary/aromatic N) is 2. The van der Waals surface area contributed by atoms with Crippen molar-refractivity contribution in [2.45, 2.75) is 39.2 Å². The number of benzene rings is 2. The zero-order valence-corrected chi connectivity index (χ0v) is 19.7. The molecule has 0 radical (unpaired) electrons. The lowest BCUT2D eigenvalue weighted by molar-refractivity contribution is -0.134. The number of nitrogens with one attached hydrogen (secondary N) is 3. The highest BCUT2D eigenvalue weighted by Gasteiger charge is 2.26. The summed E-state index contributed by atoms with van der Waals surface area (Å²) in [5.74, 6) is -0.0493. The highest BCUT2D eigenvalue weighted by Crippen LogP contribution is 2.27. The first-order valence-electron chi connectivity index (χ1n) is 12.1. The van der Waals surface area contributed by atoms with Gasteiger partial charge in [-0.3, -0.25) is 14.9 Å². The van der Waals surface area contributed by atoms with Crippen LogP contribution >= 0.6 is 0 Å². The van der Waals surface area contributed by atoms with Gasteiger partial charge in [0, 0.05) is 36.7 Å². The third-order valence-corrected chi connectivity index (χ3v) is 6.47. The number of rotatable bonds is 7. The van der Waals surface area contributed by atoms with E-state index >= 15 is 0 Å². The highest BCUT2D eigenvalue weighted by molar-refractivity contribution is 6.02. The molecule has 0 spiro atoms. The molecular weight excluding hydrogens is 430 g/mol. The lowest BCUT2D eigenvalue weighted by Crippen LogP contribution is -2.55. The Balaban J connectivity index is 1.24. The fraction of sp³-hybridized carbons (Fsp3) is 0.423. The molecule has 8 nitrogen and oxygen atoms in total. The van der Waals surface area contributed by atoms with E-state index in [4.69, 9.17) is 0 Å². The van der Waals surface area contributed by atoms with Gasteiger partial charge in [-0.2, -0.15) is 0 Å². The van der Waals surface area contributed by atoms with Crippen molar-refractivity contribution < 1.29 is 14.4 Å². The predicted molar refractivity (Wildman–Crippen MR) is 133 cm³/mol. The van der Waals surface area contributed by atoms with Crippen LogP contribution in [-0.2, 0) is 16.1 Å². The largest absolute Gasteiger partial charge is 0.372 e. The van der Waals surface area contributed by atoms with Crippen LogP contribution in [0.5, 0.6) is 0 Å². The molecule has 2 aliphatic heterocycles. The van der Waals surface area contributed by atoms with E-state index in [0.717, 1.165) is 35.9 Å². The molecule has 2 saturated heterocycles. The summed E-state index contributed by atoms with van der Waals surface area (Å²) >= 11 is 0. The van der Waals surface area contributed by atoms with Crippen molar-refractivity contribution in [3.63, 3.8) is 0 Å². The van der Waals surface area contributed by atoms with Crippen LogP contribution in [0.4, 0.5) is 21.9 Å². The number of piperidine rings is 1. The van der Waals surface area contributed by atoms with Gasteiger partial charge < -0.3 is 20.4 Å². The molecule has 0 aromatic heterocycles. The predicted octanol–water partition coefficient (Wildman–Crippen LogP) is 3.61. The molecule has 2 fully saturated rings. The molecule has 34 heavy (non-hydrogen) atoms. The van der Waals surface area contributed by atoms with E-state index < -0.39 is 17.8 Å². The second-order valence-electron chi connectivity index (χ2n) is 9.07. The van der Waals surface area contributed by atoms with Crippen LogP contribution in [0, 0.1) is 5.92 Å². The second-order valence-corrected chi connectivity index (χ2v) is 9.07. The number of piperazine rings is 1. The van der Waals surface area contributed by atoms with Crippen molar-refractivity contribution in [1.82, 2.24) is 15.5 Å². The third-order valence-electron chi connectivity index (χ3n) is 6.47. The molecule has 4 rings (SSSR count). The van der Waals surface area contributed by atoms with Gasteiger partial charge in [0.15, 0.2) is 0 Å². The molecule has 2 aromatic rings. The summed E-state index contributed by atoms with van der Waals surface area (Å²) in [6.07, 6.45) is 5.19. The average Bonchev–Trinajstić information content (AvgIpc) is 2.84. The van der Waals surface area contributed by atoms with Gasteiger partial charge in [0.05, 0.1) is 0 Å². The van der Waals surface area contributed by atoms with Crippen LogP contribution in [-0.4, -0.2) is 48.9 Å². The maximum absolute atomic E-state index is 12.2. The smallest absolute Gasteiger partial charge is 0.318 e. The topological polar surface area (TPSA) is 93.8 Å². The van der Waals surface area contributed by atoms with Crippen molar-refractivity contribution >= 4 is 34.9 Å². The van der Waals surface area contributed by atoms with E-state index in [1.165, 1.54) is 36.3 Å². The number of urea groups is 1. The fourth-order valence-electron chi connectivity index (χ4n) is 4.59. The van der Waals surface area contributed by atoms with Crippen LogP contribution < -0.4 is 20.9 Å². The number of carbonyl (C=O) groups is 3. The normalized spacial score (nSPS) is 16.9. The minimum atomic E-state index is -0.466. The monoisotopic (exact) mass is 463 g/mol. The Labute approximate surface area is 200 Å². The molecule has 0 unspecified atom stereocenters. The summed E-state index contributed by atoms with van der Waals surface area (Å²) in [6.45, 7) is 4.63. The van der Waals surface area contributed by atoms with E-state index in [9.17, 15) is 14.4 Å². The van der Waals surface area contributed by atoms with Crippen molar-refractivity contribution in [3.05, 3.63) is 54.1 Å². The van der Waals surface area contributed by atoms with Crippen molar-refractivity contribution in [2.24, 2.45) is 5.92 Å². The first kappa shape index (κ1) is 23.6. The summed E-state index contributed by atoms with van der Waals surface area (Å²) in [5.41, 5.74) is 4.19. The molecule has 2 heterocycles. The minimum Gasteiger partial charge on any atom is -0.372 e. The number of carbonyl (C=O) groups excluding carboxylic acids is 3. The van der Waals surface area contributed by atoms with Gasteiger partial charge in [-0.05, 0) is 60.7 Å². The van der Waals surface area contributed by atoms with Crippen LogP contribution in [0.25, 0.3) is 0 Å². The Kier molecular flexibility index (Phi) is 7.67. The van der Waals surface area contributed by atoms with Crippen molar-refractivity contribution in [1.29, 1.82) is 0 Å². The van der Waals surface area contributed by atoms with E-state index in [0.29, 0.717) is 6.54 Å². The first-order valence-corrected chi connectivity index (χ1v) is 12.1. The maximum Gasteiger partial charge on any atom is 0.318 e. The second kappa shape index (κ2) is 11.0. The molecule has 3 N–H and O–H groups in total. The molecule has 4 amide bonds. The number of hydrogen-bond donors (Lipinski definition) is 3. The van der Waals surface area contributed by atoms with Gasteiger partial charge >= 0.3 is 6.03 Å². The Morgan fingerprint density at radius 1 is 0.941 bits per heavy atom.